The summed E-state index contributed by atoms with van der Waals surface area (Å²) in [6, 6.07) is 7.46. The minimum atomic E-state index is -0.879. The maximum atomic E-state index is 13.0. The Hall–Kier alpha value is -1.58. The first-order chi connectivity index (χ1) is 13.0. The third-order valence-electron chi connectivity index (χ3n) is 4.34. The Labute approximate surface area is 174 Å². The molecule has 2 amide bonds. The highest BCUT2D eigenvalue weighted by Gasteiger charge is 2.25. The van der Waals surface area contributed by atoms with Crippen LogP contribution >= 0.6 is 39.0 Å². The van der Waals surface area contributed by atoms with Gasteiger partial charge in [-0.05, 0) is 46.8 Å². The number of nitrogens with zero attached hydrogens (tertiary/aromatic N) is 2. The fourth-order valence-electron chi connectivity index (χ4n) is 3.09. The number of rotatable bonds is 7. The van der Waals surface area contributed by atoms with Gasteiger partial charge in [-0.15, -0.1) is 11.8 Å². The lowest BCUT2D eigenvalue weighted by Crippen LogP contribution is -2.38. The molecule has 1 heterocycles. The number of carboxylic acid groups (broad SMARTS) is 1. The third kappa shape index (κ3) is 5.70. The van der Waals surface area contributed by atoms with Gasteiger partial charge < -0.3 is 5.11 Å². The van der Waals surface area contributed by atoms with Crippen molar-refractivity contribution in [3.63, 3.8) is 0 Å². The fraction of sp³-hybridized carbons (Fsp3) is 0.389. The molecule has 1 aromatic carbocycles. The molecule has 0 saturated heterocycles. The second kappa shape index (κ2) is 9.57. The molecule has 1 fully saturated rings. The van der Waals surface area contributed by atoms with Crippen LogP contribution in [0.3, 0.4) is 0 Å². The number of para-hydroxylation sites is 1. The zero-order valence-corrected chi connectivity index (χ0v) is 17.8. The molecule has 0 spiro atoms. The Bertz CT molecular complexity index is 809. The third-order valence-corrected chi connectivity index (χ3v) is 7.10. The summed E-state index contributed by atoms with van der Waals surface area (Å²) in [6.07, 6.45) is 6.30. The van der Waals surface area contributed by atoms with E-state index in [0.29, 0.717) is 17.6 Å². The summed E-state index contributed by atoms with van der Waals surface area (Å²) in [5, 5.41) is 12.1. The monoisotopic (exact) mass is 469 g/mol. The highest BCUT2D eigenvalue weighted by atomic mass is 79.9. The molecule has 27 heavy (non-hydrogen) atoms. The lowest BCUT2D eigenvalue weighted by atomic mass is 10.1. The molecule has 1 aliphatic rings. The topological polar surface area (TPSA) is 82.5 Å². The number of urea groups is 1. The number of hydrogen-bond acceptors (Lipinski definition) is 5. The quantitative estimate of drug-likeness (QED) is 0.536. The molecule has 1 saturated carbocycles. The van der Waals surface area contributed by atoms with Gasteiger partial charge in [0.15, 0.2) is 5.13 Å². The molecule has 0 atom stereocenters. The van der Waals surface area contributed by atoms with Gasteiger partial charge in [-0.1, -0.05) is 36.3 Å². The summed E-state index contributed by atoms with van der Waals surface area (Å²) >= 11 is 6.02. The minimum absolute atomic E-state index is 0.0274. The largest absolute Gasteiger partial charge is 0.481 e. The van der Waals surface area contributed by atoms with Crippen LogP contribution < -0.4 is 10.2 Å². The van der Waals surface area contributed by atoms with Gasteiger partial charge in [-0.2, -0.15) is 0 Å². The van der Waals surface area contributed by atoms with Gasteiger partial charge in [-0.3, -0.25) is 15.0 Å². The molecule has 0 radical (unpaired) electrons. The molecule has 2 aromatic rings. The molecule has 3 rings (SSSR count). The van der Waals surface area contributed by atoms with Gasteiger partial charge in [0.1, 0.15) is 0 Å². The van der Waals surface area contributed by atoms with E-state index in [1.165, 1.54) is 35.9 Å². The minimum Gasteiger partial charge on any atom is -0.481 e. The first kappa shape index (κ1) is 20.2. The lowest BCUT2D eigenvalue weighted by Gasteiger charge is -2.26. The van der Waals surface area contributed by atoms with E-state index in [9.17, 15) is 9.59 Å². The van der Waals surface area contributed by atoms with E-state index in [-0.39, 0.29) is 11.8 Å². The average molecular weight is 470 g/mol. The van der Waals surface area contributed by atoms with E-state index in [1.54, 1.807) is 11.1 Å². The van der Waals surface area contributed by atoms with Gasteiger partial charge in [0.05, 0.1) is 21.8 Å². The van der Waals surface area contributed by atoms with Gasteiger partial charge in [-0.25, -0.2) is 9.78 Å². The van der Waals surface area contributed by atoms with Crippen molar-refractivity contribution in [3.05, 3.63) is 34.9 Å². The van der Waals surface area contributed by atoms with Crippen LogP contribution in [-0.2, 0) is 4.79 Å². The maximum absolute atomic E-state index is 13.0. The summed E-state index contributed by atoms with van der Waals surface area (Å²) in [4.78, 5) is 29.6. The zero-order valence-electron chi connectivity index (χ0n) is 14.6. The van der Waals surface area contributed by atoms with E-state index in [0.717, 1.165) is 27.2 Å². The van der Waals surface area contributed by atoms with Crippen LogP contribution in [0.1, 0.15) is 25.7 Å². The molecular formula is C18H20BrN3O3S2. The number of benzene rings is 1. The van der Waals surface area contributed by atoms with Crippen LogP contribution in [0.15, 0.2) is 39.1 Å². The highest BCUT2D eigenvalue weighted by molar-refractivity contribution is 9.10. The molecule has 0 aliphatic heterocycles. The first-order valence-corrected chi connectivity index (χ1v) is 11.3. The molecule has 144 valence electrons. The van der Waals surface area contributed by atoms with Crippen molar-refractivity contribution in [2.75, 3.05) is 22.5 Å². The second-order valence-corrected chi connectivity index (χ2v) is 9.47. The number of thiazole rings is 1. The number of nitrogens with one attached hydrogen (secondary N) is 1. The summed E-state index contributed by atoms with van der Waals surface area (Å²) in [5.41, 5.74) is 0.832. The van der Waals surface area contributed by atoms with E-state index in [2.05, 4.69) is 26.2 Å². The van der Waals surface area contributed by atoms with E-state index in [1.807, 2.05) is 24.3 Å². The lowest BCUT2D eigenvalue weighted by molar-refractivity contribution is -0.133. The Kier molecular flexibility index (Phi) is 7.14. The highest BCUT2D eigenvalue weighted by Crippen LogP contribution is 2.32. The van der Waals surface area contributed by atoms with Crippen molar-refractivity contribution in [1.82, 2.24) is 4.98 Å². The molecule has 1 aromatic heterocycles. The van der Waals surface area contributed by atoms with Crippen LogP contribution in [0.25, 0.3) is 0 Å². The predicted octanol–water partition coefficient (Wildman–Crippen LogP) is 5.31. The second-order valence-electron chi connectivity index (χ2n) is 6.31. The molecule has 0 unspecified atom stereocenters. The van der Waals surface area contributed by atoms with Crippen LogP contribution in [-0.4, -0.2) is 34.4 Å². The van der Waals surface area contributed by atoms with Crippen molar-refractivity contribution >= 4 is 61.8 Å². The smallest absolute Gasteiger partial charge is 0.328 e. The number of aliphatic carboxylic acids is 1. The molecule has 1 aliphatic carbocycles. The number of halogens is 1. The standard InChI is InChI=1S/C18H20BrN3O3S2/c19-13-7-3-4-8-14(13)22(10-12-5-1-2-6-12)18(25)21-17-20-9-16(27-17)26-11-15(23)24/h3-4,7-9,12H,1-2,5-6,10-11H2,(H,23,24)(H,20,21,25). The maximum Gasteiger partial charge on any atom is 0.328 e. The number of hydrogen-bond donors (Lipinski definition) is 2. The van der Waals surface area contributed by atoms with Gasteiger partial charge in [0.25, 0.3) is 0 Å². The number of carbonyl (C=O) groups is 2. The van der Waals surface area contributed by atoms with Crippen LogP contribution in [0.2, 0.25) is 0 Å². The fourth-order valence-corrected chi connectivity index (χ4v) is 5.17. The average Bonchev–Trinajstić information content (AvgIpc) is 3.30. The Balaban J connectivity index is 1.72. The van der Waals surface area contributed by atoms with Crippen molar-refractivity contribution < 1.29 is 14.7 Å². The Morgan fingerprint density at radius 3 is 2.78 bits per heavy atom. The van der Waals surface area contributed by atoms with Gasteiger partial charge >= 0.3 is 12.0 Å². The number of aromatic nitrogens is 1. The Morgan fingerprint density at radius 1 is 1.33 bits per heavy atom. The van der Waals surface area contributed by atoms with E-state index < -0.39 is 5.97 Å². The number of carboxylic acids is 1. The molecule has 2 N–H and O–H groups in total. The van der Waals surface area contributed by atoms with Gasteiger partial charge in [0.2, 0.25) is 0 Å². The molecular weight excluding hydrogens is 450 g/mol. The Morgan fingerprint density at radius 2 is 2.07 bits per heavy atom. The first-order valence-electron chi connectivity index (χ1n) is 8.66. The SMILES string of the molecule is O=C(O)CSc1cnc(NC(=O)N(CC2CCCC2)c2ccccc2Br)s1. The van der Waals surface area contributed by atoms with Crippen LogP contribution in [0, 0.1) is 5.92 Å². The number of anilines is 2. The summed E-state index contributed by atoms with van der Waals surface area (Å²) in [6.45, 7) is 0.667. The van der Waals surface area contributed by atoms with Crippen molar-refractivity contribution in [3.8, 4) is 0 Å². The van der Waals surface area contributed by atoms with Crippen LogP contribution in [0.5, 0.6) is 0 Å². The zero-order chi connectivity index (χ0) is 19.2. The number of amides is 2. The number of thioether (sulfide) groups is 1. The summed E-state index contributed by atoms with van der Waals surface area (Å²) in [5.74, 6) is -0.406. The molecule has 9 heteroatoms. The van der Waals surface area contributed by atoms with Gasteiger partial charge in [0, 0.05) is 11.0 Å². The van der Waals surface area contributed by atoms with Crippen molar-refractivity contribution in [1.29, 1.82) is 0 Å². The van der Waals surface area contributed by atoms with E-state index in [4.69, 9.17) is 5.11 Å². The summed E-state index contributed by atoms with van der Waals surface area (Å²) in [7, 11) is 0. The van der Waals surface area contributed by atoms with E-state index >= 15 is 0 Å². The normalized spacial score (nSPS) is 14.3. The predicted molar refractivity (Wildman–Crippen MR) is 113 cm³/mol. The van der Waals surface area contributed by atoms with Crippen LogP contribution in [0.4, 0.5) is 15.6 Å². The van der Waals surface area contributed by atoms with Crippen molar-refractivity contribution in [2.45, 2.75) is 29.9 Å². The number of carbonyl (C=O) groups excluding carboxylic acids is 1. The molecule has 6 nitrogen and oxygen atoms in total. The van der Waals surface area contributed by atoms with Crippen molar-refractivity contribution in [2.24, 2.45) is 5.92 Å². The molecule has 0 bridgehead atoms. The summed E-state index contributed by atoms with van der Waals surface area (Å²) < 4.78 is 1.63.